The monoisotopic (exact) mass is 413 g/mol. The summed E-state index contributed by atoms with van der Waals surface area (Å²) >= 11 is 6.21. The molecule has 1 aromatic heterocycles. The van der Waals surface area contributed by atoms with E-state index in [9.17, 15) is 0 Å². The summed E-state index contributed by atoms with van der Waals surface area (Å²) in [5, 5.41) is 6.52. The number of ether oxygens (including phenoxy) is 1. The van der Waals surface area contributed by atoms with Crippen molar-refractivity contribution in [3.8, 4) is 5.75 Å². The lowest BCUT2D eigenvalue weighted by Crippen LogP contribution is -2.32. The van der Waals surface area contributed by atoms with Gasteiger partial charge in [-0.15, -0.1) is 0 Å². The molecule has 1 N–H and O–H groups in total. The lowest BCUT2D eigenvalue weighted by molar-refractivity contribution is 0.228. The number of nitrogens with zero attached hydrogens (tertiary/aromatic N) is 2. The molecule has 2 aromatic carbocycles. The van der Waals surface area contributed by atoms with Crippen molar-refractivity contribution in [2.24, 2.45) is 5.92 Å². The van der Waals surface area contributed by atoms with Crippen LogP contribution in [0.25, 0.3) is 21.8 Å². The van der Waals surface area contributed by atoms with Gasteiger partial charge in [-0.1, -0.05) is 25.4 Å². The topological polar surface area (TPSA) is 37.4 Å². The van der Waals surface area contributed by atoms with Crippen LogP contribution in [0.1, 0.15) is 33.6 Å². The number of benzene rings is 2. The van der Waals surface area contributed by atoms with Gasteiger partial charge in [0.05, 0.1) is 23.8 Å². The molecule has 0 fully saturated rings. The Morgan fingerprint density at radius 2 is 1.86 bits per heavy atom. The average molecular weight is 414 g/mol. The number of pyridine rings is 1. The van der Waals surface area contributed by atoms with Gasteiger partial charge in [0.2, 0.25) is 0 Å². The molecule has 0 aliphatic carbocycles. The Kier molecular flexibility index (Phi) is 7.20. The first-order chi connectivity index (χ1) is 13.9. The molecule has 0 spiro atoms. The molecule has 3 aromatic rings. The van der Waals surface area contributed by atoms with Crippen molar-refractivity contribution in [3.05, 3.63) is 41.4 Å². The second kappa shape index (κ2) is 9.64. The van der Waals surface area contributed by atoms with Crippen molar-refractivity contribution < 1.29 is 4.74 Å². The molecule has 0 aliphatic heterocycles. The second-order valence-corrected chi connectivity index (χ2v) is 8.71. The van der Waals surface area contributed by atoms with Gasteiger partial charge in [0.25, 0.3) is 0 Å². The maximum Gasteiger partial charge on any atom is 0.119 e. The van der Waals surface area contributed by atoms with Crippen LogP contribution in [0.4, 0.5) is 5.69 Å². The zero-order valence-corrected chi connectivity index (χ0v) is 18.9. The molecular weight excluding hydrogens is 382 g/mol. The van der Waals surface area contributed by atoms with Gasteiger partial charge in [-0.3, -0.25) is 0 Å². The van der Waals surface area contributed by atoms with E-state index >= 15 is 0 Å². The van der Waals surface area contributed by atoms with Gasteiger partial charge in [-0.05, 0) is 75.7 Å². The molecule has 0 aliphatic rings. The van der Waals surface area contributed by atoms with Gasteiger partial charge < -0.3 is 15.0 Å². The Hall–Kier alpha value is -2.04. The fourth-order valence-electron chi connectivity index (χ4n) is 3.84. The van der Waals surface area contributed by atoms with Crippen LogP contribution in [-0.2, 0) is 0 Å². The number of fused-ring (bicyclic) bond motifs is 2. The summed E-state index contributed by atoms with van der Waals surface area (Å²) in [6, 6.07) is 12.5. The van der Waals surface area contributed by atoms with Crippen molar-refractivity contribution in [1.82, 2.24) is 9.88 Å². The molecular formula is C24H32ClN3O. The minimum absolute atomic E-state index is 0.601. The quantitative estimate of drug-likeness (QED) is 0.334. The Balaban J connectivity index is 1.81. The highest BCUT2D eigenvalue weighted by molar-refractivity contribution is 6.31. The van der Waals surface area contributed by atoms with Gasteiger partial charge in [0.1, 0.15) is 5.75 Å². The predicted molar refractivity (Wildman–Crippen MR) is 125 cm³/mol. The first kappa shape index (κ1) is 21.7. The molecule has 29 heavy (non-hydrogen) atoms. The molecule has 0 amide bonds. The van der Waals surface area contributed by atoms with Crippen LogP contribution in [0.3, 0.4) is 0 Å². The molecule has 1 atom stereocenters. The van der Waals surface area contributed by atoms with Crippen LogP contribution < -0.4 is 10.1 Å². The number of aromatic nitrogens is 1. The summed E-state index contributed by atoms with van der Waals surface area (Å²) in [5.41, 5.74) is 2.93. The highest BCUT2D eigenvalue weighted by Crippen LogP contribution is 2.34. The Morgan fingerprint density at radius 3 is 2.59 bits per heavy atom. The number of methoxy groups -OCH3 is 1. The highest BCUT2D eigenvalue weighted by Gasteiger charge is 2.12. The molecule has 4 nitrogen and oxygen atoms in total. The average Bonchev–Trinajstić information content (AvgIpc) is 2.69. The number of halogens is 1. The SMILES string of the molecule is COc1ccc2nc3cc(Cl)ccc3c(NCCCN(C)C(C)CC(C)C)c2c1. The molecule has 1 unspecified atom stereocenters. The maximum absolute atomic E-state index is 6.21. The van der Waals surface area contributed by atoms with Crippen molar-refractivity contribution in [2.75, 3.05) is 32.6 Å². The highest BCUT2D eigenvalue weighted by atomic mass is 35.5. The molecule has 0 radical (unpaired) electrons. The molecule has 156 valence electrons. The van der Waals surface area contributed by atoms with Gasteiger partial charge >= 0.3 is 0 Å². The lowest BCUT2D eigenvalue weighted by atomic mass is 10.0. The summed E-state index contributed by atoms with van der Waals surface area (Å²) in [4.78, 5) is 7.25. The predicted octanol–water partition coefficient (Wildman–Crippen LogP) is 6.22. The van der Waals surface area contributed by atoms with E-state index < -0.39 is 0 Å². The van der Waals surface area contributed by atoms with Crippen molar-refractivity contribution in [2.45, 2.75) is 39.7 Å². The normalized spacial score (nSPS) is 12.8. The van der Waals surface area contributed by atoms with Gasteiger partial charge in [0.15, 0.2) is 0 Å². The van der Waals surface area contributed by atoms with E-state index in [-0.39, 0.29) is 0 Å². The van der Waals surface area contributed by atoms with Crippen LogP contribution >= 0.6 is 11.6 Å². The summed E-state index contributed by atoms with van der Waals surface area (Å²) in [7, 11) is 3.91. The fourth-order valence-corrected chi connectivity index (χ4v) is 4.00. The Labute approximate surface area is 179 Å². The molecule has 0 saturated carbocycles. The van der Waals surface area contributed by atoms with Gasteiger partial charge in [-0.2, -0.15) is 0 Å². The number of hydrogen-bond donors (Lipinski definition) is 1. The third kappa shape index (κ3) is 5.31. The van der Waals surface area contributed by atoms with Crippen LogP contribution in [0.2, 0.25) is 5.02 Å². The fraction of sp³-hybridized carbons (Fsp3) is 0.458. The zero-order valence-electron chi connectivity index (χ0n) is 18.1. The first-order valence-electron chi connectivity index (χ1n) is 10.4. The molecule has 0 saturated heterocycles. The smallest absolute Gasteiger partial charge is 0.119 e. The van der Waals surface area contributed by atoms with Crippen LogP contribution in [-0.4, -0.2) is 43.2 Å². The van der Waals surface area contributed by atoms with E-state index in [2.05, 4.69) is 44.1 Å². The zero-order chi connectivity index (χ0) is 21.0. The Bertz CT molecular complexity index is 973. The van der Waals surface area contributed by atoms with Gasteiger partial charge in [-0.25, -0.2) is 4.98 Å². The number of hydrogen-bond acceptors (Lipinski definition) is 4. The van der Waals surface area contributed by atoms with Gasteiger partial charge in [0, 0.05) is 28.4 Å². The largest absolute Gasteiger partial charge is 0.497 e. The number of rotatable bonds is 9. The van der Waals surface area contributed by atoms with E-state index in [0.29, 0.717) is 11.1 Å². The third-order valence-corrected chi connectivity index (χ3v) is 5.73. The van der Waals surface area contributed by atoms with E-state index in [1.807, 2.05) is 30.3 Å². The standard InChI is InChI=1S/C24H32ClN3O/c1-16(2)13-17(3)28(4)12-6-11-26-24-20-9-7-18(25)14-23(20)27-22-10-8-19(29-5)15-21(22)24/h7-10,14-17H,6,11-13H2,1-5H3,(H,26,27). The summed E-state index contributed by atoms with van der Waals surface area (Å²) in [5.74, 6) is 1.56. The third-order valence-electron chi connectivity index (χ3n) is 5.50. The van der Waals surface area contributed by atoms with Crippen molar-refractivity contribution in [1.29, 1.82) is 0 Å². The molecule has 5 heteroatoms. The molecule has 1 heterocycles. The van der Waals surface area contributed by atoms with Crippen LogP contribution in [0.5, 0.6) is 5.75 Å². The van der Waals surface area contributed by atoms with Crippen molar-refractivity contribution in [3.63, 3.8) is 0 Å². The molecule has 3 rings (SSSR count). The minimum atomic E-state index is 0.601. The minimum Gasteiger partial charge on any atom is -0.497 e. The van der Waals surface area contributed by atoms with E-state index in [1.54, 1.807) is 7.11 Å². The van der Waals surface area contributed by atoms with Crippen LogP contribution in [0.15, 0.2) is 36.4 Å². The summed E-state index contributed by atoms with van der Waals surface area (Å²) in [6.07, 6.45) is 2.30. The first-order valence-corrected chi connectivity index (χ1v) is 10.8. The number of nitrogens with one attached hydrogen (secondary N) is 1. The maximum atomic E-state index is 6.21. The lowest BCUT2D eigenvalue weighted by Gasteiger charge is -2.26. The number of anilines is 1. The van der Waals surface area contributed by atoms with E-state index in [4.69, 9.17) is 21.3 Å². The van der Waals surface area contributed by atoms with E-state index in [1.165, 1.54) is 6.42 Å². The van der Waals surface area contributed by atoms with Crippen LogP contribution in [0, 0.1) is 5.92 Å². The summed E-state index contributed by atoms with van der Waals surface area (Å²) < 4.78 is 5.44. The summed E-state index contributed by atoms with van der Waals surface area (Å²) in [6.45, 7) is 8.84. The molecule has 0 bridgehead atoms. The second-order valence-electron chi connectivity index (χ2n) is 8.27. The van der Waals surface area contributed by atoms with Crippen molar-refractivity contribution >= 4 is 39.1 Å². The van der Waals surface area contributed by atoms with E-state index in [0.717, 1.165) is 58.7 Å². The Morgan fingerprint density at radius 1 is 1.07 bits per heavy atom.